The van der Waals surface area contributed by atoms with Crippen molar-refractivity contribution in [1.29, 1.82) is 10.8 Å². The maximum Gasteiger partial charge on any atom is 0.326 e. The van der Waals surface area contributed by atoms with E-state index in [0.717, 1.165) is 0 Å². The number of carbonyl (C=O) groups excluding carboxylic acids is 12. The first-order chi connectivity index (χ1) is 48.0. The molecule has 36 nitrogen and oxygen atoms in total. The maximum atomic E-state index is 14.3. The highest BCUT2D eigenvalue weighted by molar-refractivity contribution is 5.99. The van der Waals surface area contributed by atoms with Crippen LogP contribution in [0.1, 0.15) is 168 Å². The van der Waals surface area contributed by atoms with Crippen molar-refractivity contribution in [2.24, 2.45) is 34.8 Å². The van der Waals surface area contributed by atoms with Crippen molar-refractivity contribution in [2.75, 3.05) is 72.4 Å². The number of aliphatic hydroxyl groups excluding tert-OH is 2. The number of nitrogens with zero attached hydrogens (tertiary/aromatic N) is 4. The number of hydrogen-bond donors (Lipinski definition) is 16. The minimum absolute atomic E-state index is 0.0431. The Balaban J connectivity index is 1.22. The van der Waals surface area contributed by atoms with Gasteiger partial charge in [-0.2, -0.15) is 0 Å². The summed E-state index contributed by atoms with van der Waals surface area (Å²) in [6.45, 7) is 0.556. The largest absolute Gasteiger partial charge is 0.480 e. The highest BCUT2D eigenvalue weighted by Crippen LogP contribution is 2.29. The maximum absolute atomic E-state index is 14.3. The van der Waals surface area contributed by atoms with E-state index in [4.69, 9.17) is 43.2 Å². The molecule has 4 aliphatic rings. The summed E-state index contributed by atoms with van der Waals surface area (Å²) < 4.78 is 10.3. The van der Waals surface area contributed by atoms with Gasteiger partial charge in [0.05, 0.1) is 48.8 Å². The summed E-state index contributed by atoms with van der Waals surface area (Å²) in [5, 5.41) is 70.9. The summed E-state index contributed by atoms with van der Waals surface area (Å²) in [5.74, 6) is -13.6. The van der Waals surface area contributed by atoms with Crippen LogP contribution in [0.2, 0.25) is 0 Å². The lowest BCUT2D eigenvalue weighted by Crippen LogP contribution is -2.57. The molecule has 101 heavy (non-hydrogen) atoms. The molecule has 0 aromatic rings. The predicted molar refractivity (Wildman–Crippen MR) is 361 cm³/mol. The normalized spacial score (nSPS) is 19.7. The molecular weight excluding hydrogens is 1320 g/mol. The van der Waals surface area contributed by atoms with Crippen LogP contribution in [-0.2, 0) is 76.6 Å². The lowest BCUT2D eigenvalue weighted by molar-refractivity contribution is -0.149. The van der Waals surface area contributed by atoms with Gasteiger partial charge in [0.1, 0.15) is 68.3 Å². The lowest BCUT2D eigenvalue weighted by atomic mass is 9.95. The molecule has 0 bridgehead atoms. The van der Waals surface area contributed by atoms with Crippen molar-refractivity contribution in [1.82, 2.24) is 51.5 Å². The molecule has 4 aliphatic heterocycles. The monoisotopic (exact) mass is 1430 g/mol. The van der Waals surface area contributed by atoms with E-state index in [1.54, 1.807) is 0 Å². The van der Waals surface area contributed by atoms with Crippen LogP contribution in [0.25, 0.3) is 0 Å². The van der Waals surface area contributed by atoms with Crippen LogP contribution in [0.3, 0.4) is 0 Å². The number of rotatable bonds is 48. The number of aliphatic carboxylic acids is 2. The van der Waals surface area contributed by atoms with Gasteiger partial charge in [0, 0.05) is 51.9 Å². The van der Waals surface area contributed by atoms with Crippen molar-refractivity contribution in [2.45, 2.75) is 228 Å². The van der Waals surface area contributed by atoms with Crippen molar-refractivity contribution in [3.05, 3.63) is 0 Å². The number of unbranched alkanes of at least 4 members (excludes halogenated alkanes) is 4. The highest BCUT2D eigenvalue weighted by Gasteiger charge is 2.47. The third kappa shape index (κ3) is 28.2. The standard InChI is InChI=1S/C65H108N16O20/c1-38(82)42(56(88)74-44(15-7-9-25-66)60(92)80-29-13-21-50(80)62(94)78-27-11-19-48(78)58(90)76-46(64(96)97)17-3-5-23-52(68)69)31-40(84)33-72-54(86)35-100-37-101-36-55(87)73-34-41(85)32-43(39(2)83)57(89)75-45(16-8-10-26-67)61(93)81-30-14-22-51(81)63(95)79-28-12-20-49(79)59(91)77-47(65(98)99)18-4-6-24-53(70)71/h38-39,42-51,82-83H,3-37,66-67H2,1-2H3,(H3,68,69)(H3,70,71)(H,72,86)(H,73,87)(H,74,88)(H,75,89)(H,76,90)(H,77,91)(H,96,97)(H,98,99)/t38?,39?,42?,43?,44-,45-,46+,47+,48-,49-,50-,51-/m0/s1. The molecule has 568 valence electrons. The summed E-state index contributed by atoms with van der Waals surface area (Å²) in [7, 11) is 0. The van der Waals surface area contributed by atoms with Crippen LogP contribution in [0.5, 0.6) is 0 Å². The minimum atomic E-state index is -1.42. The average molecular weight is 1430 g/mol. The summed E-state index contributed by atoms with van der Waals surface area (Å²) in [4.78, 5) is 193. The molecule has 0 aromatic heterocycles. The van der Waals surface area contributed by atoms with Gasteiger partial charge in [-0.25, -0.2) is 9.59 Å². The zero-order valence-electron chi connectivity index (χ0n) is 58.1. The predicted octanol–water partition coefficient (Wildman–Crippen LogP) is -3.55. The fourth-order valence-electron chi connectivity index (χ4n) is 12.8. The number of ether oxygens (including phenoxy) is 2. The quantitative estimate of drug-likeness (QED) is 0.0121. The second kappa shape index (κ2) is 44.1. The number of aliphatic hydroxyl groups is 2. The number of nitrogens with one attached hydrogen (secondary N) is 8. The van der Waals surface area contributed by atoms with Crippen LogP contribution < -0.4 is 54.8 Å². The van der Waals surface area contributed by atoms with Gasteiger partial charge in [-0.1, -0.05) is 12.8 Å². The Labute approximate surface area is 587 Å². The highest BCUT2D eigenvalue weighted by atomic mass is 16.7. The number of hydrogen-bond acceptors (Lipinski definition) is 22. The molecule has 4 saturated heterocycles. The average Bonchev–Trinajstić information content (AvgIpc) is 1.68. The first-order valence-corrected chi connectivity index (χ1v) is 35.0. The van der Waals surface area contributed by atoms with Crippen LogP contribution >= 0.6 is 0 Å². The van der Waals surface area contributed by atoms with Crippen LogP contribution in [0.4, 0.5) is 0 Å². The Hall–Kier alpha value is -8.32. The van der Waals surface area contributed by atoms with Crippen molar-refractivity contribution >= 4 is 94.2 Å². The van der Waals surface area contributed by atoms with Gasteiger partial charge < -0.3 is 104 Å². The van der Waals surface area contributed by atoms with Gasteiger partial charge in [0.25, 0.3) is 0 Å². The molecule has 4 unspecified atom stereocenters. The number of nitrogens with two attached hydrogens (primary N) is 4. The second-order valence-electron chi connectivity index (χ2n) is 26.3. The molecule has 10 amide bonds. The second-order valence-corrected chi connectivity index (χ2v) is 26.3. The van der Waals surface area contributed by atoms with Gasteiger partial charge in [0.15, 0.2) is 11.6 Å². The molecular formula is C65H108N16O20. The van der Waals surface area contributed by atoms with Gasteiger partial charge in [0.2, 0.25) is 59.1 Å². The Kier molecular flexibility index (Phi) is 37.2. The molecule has 36 heteroatoms. The van der Waals surface area contributed by atoms with Gasteiger partial charge in [-0.05, 0) is 143 Å². The third-order valence-corrected chi connectivity index (χ3v) is 18.4. The molecule has 4 rings (SSSR count). The molecule has 0 radical (unpaired) electrons. The number of Topliss-reactive ketones (excluding diaryl/α,β-unsaturated/α-hetero) is 2. The van der Waals surface area contributed by atoms with Crippen LogP contribution in [0.15, 0.2) is 0 Å². The summed E-state index contributed by atoms with van der Waals surface area (Å²) >= 11 is 0. The molecule has 0 aromatic carbocycles. The SMILES string of the molecule is CC(O)C(CC(=O)CNC(=O)COCOCC(=O)NCC(=O)CC(C(=O)N[C@@H](CCCCN)C(=O)N1CCC[C@H]1C(=O)N1CCC[C@H]1C(=O)N[C@H](CCCCC(=N)N)C(=O)O)C(C)O)C(=O)N[C@@H](CCCCN)C(=O)N1CCC[C@H]1C(=O)N1CCC[C@H]1C(=O)N[C@H](CCCCC(=N)N)C(=O)O. The van der Waals surface area contributed by atoms with Crippen LogP contribution in [0, 0.1) is 22.7 Å². The van der Waals surface area contributed by atoms with E-state index in [-0.39, 0.29) is 115 Å². The Morgan fingerprint density at radius 1 is 0.465 bits per heavy atom. The molecule has 0 aliphatic carbocycles. The van der Waals surface area contributed by atoms with E-state index in [9.17, 15) is 87.5 Å². The van der Waals surface area contributed by atoms with Gasteiger partial charge in [-0.3, -0.25) is 68.4 Å². The number of carboxylic acid groups (broad SMARTS) is 2. The molecule has 0 saturated carbocycles. The number of carboxylic acids is 2. The van der Waals surface area contributed by atoms with E-state index >= 15 is 0 Å². The summed E-state index contributed by atoms with van der Waals surface area (Å²) in [6.07, 6.45) is 2.94. The third-order valence-electron chi connectivity index (χ3n) is 18.4. The molecule has 12 atom stereocenters. The van der Waals surface area contributed by atoms with E-state index < -0.39 is 201 Å². The van der Waals surface area contributed by atoms with E-state index in [1.807, 2.05) is 0 Å². The number of ketones is 2. The van der Waals surface area contributed by atoms with Crippen molar-refractivity contribution in [3.8, 4) is 0 Å². The van der Waals surface area contributed by atoms with E-state index in [0.29, 0.717) is 77.0 Å². The summed E-state index contributed by atoms with van der Waals surface area (Å²) in [5.41, 5.74) is 22.3. The summed E-state index contributed by atoms with van der Waals surface area (Å²) in [6, 6.07) is -8.94. The van der Waals surface area contributed by atoms with Gasteiger partial charge in [-0.15, -0.1) is 0 Å². The lowest BCUT2D eigenvalue weighted by Gasteiger charge is -2.33. The Bertz CT molecular complexity index is 2700. The number of carbonyl (C=O) groups is 14. The number of amides is 10. The van der Waals surface area contributed by atoms with Gasteiger partial charge >= 0.3 is 11.9 Å². The smallest absolute Gasteiger partial charge is 0.326 e. The minimum Gasteiger partial charge on any atom is -0.480 e. The first kappa shape index (κ1) is 85.1. The number of amidine groups is 2. The molecule has 0 spiro atoms. The molecule has 20 N–H and O–H groups in total. The Morgan fingerprint density at radius 2 is 0.792 bits per heavy atom. The van der Waals surface area contributed by atoms with Crippen LogP contribution in [-0.4, -0.2) is 267 Å². The zero-order chi connectivity index (χ0) is 74.9. The molecule has 4 heterocycles. The topological polar surface area (TPSA) is 575 Å². The fourth-order valence-corrected chi connectivity index (χ4v) is 12.8. The first-order valence-electron chi connectivity index (χ1n) is 35.0. The van der Waals surface area contributed by atoms with Crippen molar-refractivity contribution < 1.29 is 97.0 Å². The van der Waals surface area contributed by atoms with E-state index in [2.05, 4.69) is 31.9 Å². The number of likely N-dealkylation sites (tertiary alicyclic amines) is 4. The Morgan fingerprint density at radius 3 is 1.12 bits per heavy atom. The van der Waals surface area contributed by atoms with E-state index in [1.165, 1.54) is 33.4 Å². The fraction of sp³-hybridized carbons (Fsp3) is 0.754. The zero-order valence-corrected chi connectivity index (χ0v) is 58.1. The molecule has 4 fully saturated rings. The van der Waals surface area contributed by atoms with Crippen molar-refractivity contribution in [3.63, 3.8) is 0 Å².